The van der Waals surface area contributed by atoms with Gasteiger partial charge in [-0.25, -0.2) is 9.78 Å². The fourth-order valence-electron chi connectivity index (χ4n) is 2.89. The Hall–Kier alpha value is -1.63. The van der Waals surface area contributed by atoms with Crippen molar-refractivity contribution in [2.75, 3.05) is 20.1 Å². The number of amides is 2. The summed E-state index contributed by atoms with van der Waals surface area (Å²) < 4.78 is 5.43. The first-order valence-electron chi connectivity index (χ1n) is 8.85. The number of piperidine rings is 1. The number of rotatable bonds is 4. The van der Waals surface area contributed by atoms with Gasteiger partial charge in [0.05, 0.1) is 23.2 Å². The zero-order valence-electron chi connectivity index (χ0n) is 15.9. The average Bonchev–Trinajstić information content (AvgIpc) is 3.00. The van der Waals surface area contributed by atoms with Crippen LogP contribution in [0.15, 0.2) is 5.38 Å². The van der Waals surface area contributed by atoms with Gasteiger partial charge in [0.1, 0.15) is 5.60 Å². The fraction of sp³-hybridized carbons (Fsp3) is 0.722. The number of carbonyl (C=O) groups is 2. The largest absolute Gasteiger partial charge is 0.444 e. The lowest BCUT2D eigenvalue weighted by Gasteiger charge is -2.34. The Balaban J connectivity index is 1.92. The Morgan fingerprint density at radius 2 is 2.16 bits per heavy atom. The Morgan fingerprint density at radius 3 is 2.76 bits per heavy atom. The van der Waals surface area contributed by atoms with E-state index >= 15 is 0 Å². The van der Waals surface area contributed by atoms with Gasteiger partial charge in [-0.1, -0.05) is 6.92 Å². The van der Waals surface area contributed by atoms with E-state index in [1.807, 2.05) is 26.2 Å². The lowest BCUT2D eigenvalue weighted by atomic mass is 9.97. The van der Waals surface area contributed by atoms with Gasteiger partial charge in [-0.2, -0.15) is 0 Å². The summed E-state index contributed by atoms with van der Waals surface area (Å²) in [5.41, 5.74) is 0.407. The maximum absolute atomic E-state index is 12.8. The third-order valence-corrected chi connectivity index (χ3v) is 5.14. The first-order chi connectivity index (χ1) is 11.7. The topological polar surface area (TPSA) is 62.7 Å². The number of aromatic nitrogens is 1. The van der Waals surface area contributed by atoms with E-state index in [4.69, 9.17) is 4.74 Å². The minimum Gasteiger partial charge on any atom is -0.444 e. The highest BCUT2D eigenvalue weighted by atomic mass is 32.1. The van der Waals surface area contributed by atoms with Crippen LogP contribution in [-0.2, 0) is 22.5 Å². The highest BCUT2D eigenvalue weighted by molar-refractivity contribution is 7.09. The van der Waals surface area contributed by atoms with Crippen LogP contribution in [0.4, 0.5) is 4.79 Å². The van der Waals surface area contributed by atoms with Crippen molar-refractivity contribution in [1.29, 1.82) is 0 Å². The van der Waals surface area contributed by atoms with E-state index in [0.29, 0.717) is 19.6 Å². The van der Waals surface area contributed by atoms with E-state index in [1.165, 1.54) is 0 Å². The monoisotopic (exact) mass is 367 g/mol. The van der Waals surface area contributed by atoms with Crippen molar-refractivity contribution in [3.05, 3.63) is 16.1 Å². The SMILES string of the molecule is CCc1nc(CN(C)C(=O)C2CCCN(C(=O)OC(C)(C)C)C2)cs1. The first-order valence-corrected chi connectivity index (χ1v) is 9.73. The number of carbonyl (C=O) groups excluding carboxylic acids is 2. The summed E-state index contributed by atoms with van der Waals surface area (Å²) in [5, 5.41) is 3.10. The minimum absolute atomic E-state index is 0.0688. The van der Waals surface area contributed by atoms with Gasteiger partial charge >= 0.3 is 6.09 Å². The predicted octanol–water partition coefficient (Wildman–Crippen LogP) is 3.31. The smallest absolute Gasteiger partial charge is 0.410 e. The molecule has 1 aromatic rings. The van der Waals surface area contributed by atoms with Crippen LogP contribution in [0.2, 0.25) is 0 Å². The molecule has 1 unspecified atom stereocenters. The van der Waals surface area contributed by atoms with Crippen LogP contribution in [0.3, 0.4) is 0 Å². The van der Waals surface area contributed by atoms with E-state index < -0.39 is 5.60 Å². The van der Waals surface area contributed by atoms with Gasteiger partial charge in [-0.15, -0.1) is 11.3 Å². The van der Waals surface area contributed by atoms with Crippen molar-refractivity contribution in [3.63, 3.8) is 0 Å². The van der Waals surface area contributed by atoms with Crippen LogP contribution in [0, 0.1) is 5.92 Å². The molecule has 0 aromatic carbocycles. The Kier molecular flexibility index (Phi) is 6.43. The number of thiazole rings is 1. The molecule has 6 nitrogen and oxygen atoms in total. The highest BCUT2D eigenvalue weighted by Gasteiger charge is 2.32. The molecule has 1 atom stereocenters. The van der Waals surface area contributed by atoms with Gasteiger partial charge in [-0.3, -0.25) is 4.79 Å². The van der Waals surface area contributed by atoms with Crippen LogP contribution in [0.1, 0.15) is 51.2 Å². The Bertz CT molecular complexity index is 609. The Morgan fingerprint density at radius 1 is 1.44 bits per heavy atom. The van der Waals surface area contributed by atoms with Gasteiger partial charge < -0.3 is 14.5 Å². The van der Waals surface area contributed by atoms with Gasteiger partial charge in [0.2, 0.25) is 5.91 Å². The second-order valence-electron chi connectivity index (χ2n) is 7.55. The van der Waals surface area contributed by atoms with Crippen molar-refractivity contribution in [1.82, 2.24) is 14.8 Å². The highest BCUT2D eigenvalue weighted by Crippen LogP contribution is 2.22. The lowest BCUT2D eigenvalue weighted by molar-refractivity contribution is -0.136. The quantitative estimate of drug-likeness (QED) is 0.819. The summed E-state index contributed by atoms with van der Waals surface area (Å²) in [6.45, 7) is 9.21. The third kappa shape index (κ3) is 5.70. The standard InChI is InChI=1S/C18H29N3O3S/c1-6-15-19-14(12-25-15)11-20(5)16(22)13-8-7-9-21(10-13)17(23)24-18(2,3)4/h12-13H,6-11H2,1-5H3. The van der Waals surface area contributed by atoms with Crippen LogP contribution in [0.25, 0.3) is 0 Å². The maximum atomic E-state index is 12.8. The van der Waals surface area contributed by atoms with Gasteiger partial charge in [0.15, 0.2) is 0 Å². The summed E-state index contributed by atoms with van der Waals surface area (Å²) in [7, 11) is 1.81. The molecule has 2 heterocycles. The van der Waals surface area contributed by atoms with Crippen molar-refractivity contribution < 1.29 is 14.3 Å². The van der Waals surface area contributed by atoms with Crippen molar-refractivity contribution >= 4 is 23.3 Å². The number of ether oxygens (including phenoxy) is 1. The van der Waals surface area contributed by atoms with Crippen molar-refractivity contribution in [2.24, 2.45) is 5.92 Å². The summed E-state index contributed by atoms with van der Waals surface area (Å²) in [6.07, 6.45) is 2.20. The molecule has 140 valence electrons. The maximum Gasteiger partial charge on any atom is 0.410 e. The molecule has 25 heavy (non-hydrogen) atoms. The average molecular weight is 368 g/mol. The van der Waals surface area contributed by atoms with Gasteiger partial charge in [0.25, 0.3) is 0 Å². The van der Waals surface area contributed by atoms with Crippen LogP contribution >= 0.6 is 11.3 Å². The van der Waals surface area contributed by atoms with E-state index in [-0.39, 0.29) is 17.9 Å². The van der Waals surface area contributed by atoms with Gasteiger partial charge in [0, 0.05) is 25.5 Å². The van der Waals surface area contributed by atoms with E-state index in [2.05, 4.69) is 11.9 Å². The molecule has 1 aliphatic heterocycles. The van der Waals surface area contributed by atoms with Crippen LogP contribution in [-0.4, -0.2) is 52.5 Å². The molecule has 1 aromatic heterocycles. The number of likely N-dealkylation sites (tertiary alicyclic amines) is 1. The summed E-state index contributed by atoms with van der Waals surface area (Å²) in [6, 6.07) is 0. The molecule has 7 heteroatoms. The summed E-state index contributed by atoms with van der Waals surface area (Å²) in [4.78, 5) is 32.9. The summed E-state index contributed by atoms with van der Waals surface area (Å²) in [5.74, 6) is -0.102. The molecule has 0 N–H and O–H groups in total. The van der Waals surface area contributed by atoms with Crippen LogP contribution in [0.5, 0.6) is 0 Å². The number of hydrogen-bond donors (Lipinski definition) is 0. The van der Waals surface area contributed by atoms with Crippen molar-refractivity contribution in [2.45, 2.75) is 59.1 Å². The zero-order valence-corrected chi connectivity index (χ0v) is 16.7. The molecule has 0 radical (unpaired) electrons. The normalized spacial score (nSPS) is 18.1. The molecular formula is C18H29N3O3S. The van der Waals surface area contributed by atoms with E-state index in [0.717, 1.165) is 30.0 Å². The number of nitrogens with zero attached hydrogens (tertiary/aromatic N) is 3. The first kappa shape index (κ1) is 19.7. The van der Waals surface area contributed by atoms with E-state index in [1.54, 1.807) is 28.2 Å². The van der Waals surface area contributed by atoms with Gasteiger partial charge in [-0.05, 0) is 40.0 Å². The second kappa shape index (κ2) is 8.17. The predicted molar refractivity (Wildman–Crippen MR) is 98.5 cm³/mol. The molecule has 0 aliphatic carbocycles. The molecule has 1 fully saturated rings. The van der Waals surface area contributed by atoms with E-state index in [9.17, 15) is 9.59 Å². The molecule has 0 spiro atoms. The fourth-order valence-corrected chi connectivity index (χ4v) is 3.62. The molecule has 2 rings (SSSR count). The second-order valence-corrected chi connectivity index (χ2v) is 8.49. The Labute approximate surface area is 154 Å². The zero-order chi connectivity index (χ0) is 18.6. The van der Waals surface area contributed by atoms with Crippen LogP contribution < -0.4 is 0 Å². The third-order valence-electron chi connectivity index (χ3n) is 4.10. The molecule has 1 saturated heterocycles. The number of aryl methyl sites for hydroxylation is 1. The number of hydrogen-bond acceptors (Lipinski definition) is 5. The molecule has 1 aliphatic rings. The minimum atomic E-state index is -0.521. The van der Waals surface area contributed by atoms with Crippen molar-refractivity contribution in [3.8, 4) is 0 Å². The molecule has 0 saturated carbocycles. The molecule has 2 amide bonds. The molecule has 0 bridgehead atoms. The lowest BCUT2D eigenvalue weighted by Crippen LogP contribution is -2.47. The summed E-state index contributed by atoms with van der Waals surface area (Å²) >= 11 is 1.63. The molecular weight excluding hydrogens is 338 g/mol.